The zero-order valence-electron chi connectivity index (χ0n) is 11.1. The number of aromatic nitrogens is 3. The first-order valence-electron chi connectivity index (χ1n) is 6.33. The molecule has 0 unspecified atom stereocenters. The van der Waals surface area contributed by atoms with Crippen molar-refractivity contribution in [1.82, 2.24) is 19.9 Å². The number of benzene rings is 1. The van der Waals surface area contributed by atoms with E-state index in [1.165, 1.54) is 12.4 Å². The number of aryl methyl sites for hydroxylation is 1. The van der Waals surface area contributed by atoms with E-state index in [0.717, 1.165) is 16.5 Å². The lowest BCUT2D eigenvalue weighted by Crippen LogP contribution is -2.23. The maximum absolute atomic E-state index is 11.9. The number of hydrogen-bond donors (Lipinski definition) is 1. The molecule has 2 heterocycles. The number of amides is 1. The maximum Gasteiger partial charge on any atom is 0.271 e. The summed E-state index contributed by atoms with van der Waals surface area (Å²) in [6.07, 6.45) is 6.54. The molecule has 1 aromatic carbocycles. The second-order valence-electron chi connectivity index (χ2n) is 4.56. The average molecular weight is 266 g/mol. The van der Waals surface area contributed by atoms with Gasteiger partial charge >= 0.3 is 0 Å². The highest BCUT2D eigenvalue weighted by Crippen LogP contribution is 2.19. The average Bonchev–Trinajstić information content (AvgIpc) is 2.83. The number of carbonyl (C=O) groups excluding carboxylic acids is 1. The molecular weight excluding hydrogens is 252 g/mol. The molecular formula is C15H14N4O. The molecule has 0 spiro atoms. The molecule has 1 N–H and O–H groups in total. The fraction of sp³-hybridized carbons (Fsp3) is 0.133. The van der Waals surface area contributed by atoms with E-state index in [1.54, 1.807) is 6.20 Å². The Kier molecular flexibility index (Phi) is 3.16. The molecule has 0 fully saturated rings. The lowest BCUT2D eigenvalue weighted by molar-refractivity contribution is 0.0945. The molecule has 5 nitrogen and oxygen atoms in total. The molecule has 5 heteroatoms. The minimum absolute atomic E-state index is 0.217. The SMILES string of the molecule is Cn1cc(CNC(=O)c2cnccn2)c2ccccc21. The topological polar surface area (TPSA) is 59.8 Å². The van der Waals surface area contributed by atoms with Gasteiger partial charge in [-0.15, -0.1) is 0 Å². The van der Waals surface area contributed by atoms with Crippen molar-refractivity contribution in [3.8, 4) is 0 Å². The maximum atomic E-state index is 11.9. The van der Waals surface area contributed by atoms with Gasteiger partial charge in [0, 0.05) is 43.1 Å². The molecule has 20 heavy (non-hydrogen) atoms. The highest BCUT2D eigenvalue weighted by molar-refractivity contribution is 5.92. The van der Waals surface area contributed by atoms with Gasteiger partial charge in [-0.3, -0.25) is 9.78 Å². The van der Waals surface area contributed by atoms with Gasteiger partial charge in [0.05, 0.1) is 6.20 Å². The van der Waals surface area contributed by atoms with Crippen LogP contribution in [0.3, 0.4) is 0 Å². The molecule has 3 aromatic rings. The predicted molar refractivity (Wildman–Crippen MR) is 76.1 cm³/mol. The number of nitrogens with one attached hydrogen (secondary N) is 1. The van der Waals surface area contributed by atoms with Crippen molar-refractivity contribution in [3.05, 3.63) is 60.3 Å². The molecule has 0 radical (unpaired) electrons. The molecule has 0 aliphatic rings. The fourth-order valence-corrected chi connectivity index (χ4v) is 2.25. The minimum atomic E-state index is -0.217. The second kappa shape index (κ2) is 5.13. The Balaban J connectivity index is 1.79. The van der Waals surface area contributed by atoms with Crippen molar-refractivity contribution >= 4 is 16.8 Å². The van der Waals surface area contributed by atoms with E-state index < -0.39 is 0 Å². The van der Waals surface area contributed by atoms with E-state index in [4.69, 9.17) is 0 Å². The first-order chi connectivity index (χ1) is 9.75. The van der Waals surface area contributed by atoms with Crippen molar-refractivity contribution in [2.45, 2.75) is 6.54 Å². The molecule has 0 atom stereocenters. The van der Waals surface area contributed by atoms with Crippen LogP contribution in [0.25, 0.3) is 10.9 Å². The Hall–Kier alpha value is -2.69. The van der Waals surface area contributed by atoms with Gasteiger partial charge in [-0.25, -0.2) is 4.98 Å². The third kappa shape index (κ3) is 2.25. The molecule has 3 rings (SSSR count). The summed E-state index contributed by atoms with van der Waals surface area (Å²) in [6, 6.07) is 8.11. The van der Waals surface area contributed by atoms with E-state index in [0.29, 0.717) is 12.2 Å². The van der Waals surface area contributed by atoms with Crippen LogP contribution < -0.4 is 5.32 Å². The lowest BCUT2D eigenvalue weighted by atomic mass is 10.2. The standard InChI is InChI=1S/C15H14N4O/c1-19-10-11(12-4-2-3-5-14(12)19)8-18-15(20)13-9-16-6-7-17-13/h2-7,9-10H,8H2,1H3,(H,18,20). The van der Waals surface area contributed by atoms with Gasteiger partial charge in [-0.05, 0) is 11.6 Å². The van der Waals surface area contributed by atoms with Crippen molar-refractivity contribution < 1.29 is 4.79 Å². The lowest BCUT2D eigenvalue weighted by Gasteiger charge is -2.03. The first-order valence-corrected chi connectivity index (χ1v) is 6.33. The summed E-state index contributed by atoms with van der Waals surface area (Å²) in [7, 11) is 2.00. The van der Waals surface area contributed by atoms with Crippen molar-refractivity contribution in [2.24, 2.45) is 7.05 Å². The Morgan fingerprint density at radius 1 is 1.30 bits per heavy atom. The summed E-state index contributed by atoms with van der Waals surface area (Å²) in [6.45, 7) is 0.469. The molecule has 0 aliphatic carbocycles. The first kappa shape index (κ1) is 12.3. The molecule has 2 aromatic heterocycles. The number of fused-ring (bicyclic) bond motifs is 1. The Labute approximate surface area is 116 Å². The van der Waals surface area contributed by atoms with Crippen molar-refractivity contribution in [1.29, 1.82) is 0 Å². The van der Waals surface area contributed by atoms with Crippen LogP contribution in [0.5, 0.6) is 0 Å². The quantitative estimate of drug-likeness (QED) is 0.787. The van der Waals surface area contributed by atoms with Gasteiger partial charge < -0.3 is 9.88 Å². The van der Waals surface area contributed by atoms with Crippen molar-refractivity contribution in [3.63, 3.8) is 0 Å². The van der Waals surface area contributed by atoms with Crippen LogP contribution in [-0.2, 0) is 13.6 Å². The third-order valence-electron chi connectivity index (χ3n) is 3.21. The smallest absolute Gasteiger partial charge is 0.271 e. The number of rotatable bonds is 3. The number of nitrogens with zero attached hydrogens (tertiary/aromatic N) is 3. The van der Waals surface area contributed by atoms with Gasteiger partial charge in [0.1, 0.15) is 5.69 Å². The summed E-state index contributed by atoms with van der Waals surface area (Å²) >= 11 is 0. The van der Waals surface area contributed by atoms with E-state index >= 15 is 0 Å². The van der Waals surface area contributed by atoms with Gasteiger partial charge in [0.25, 0.3) is 5.91 Å². The molecule has 0 bridgehead atoms. The molecule has 100 valence electrons. The van der Waals surface area contributed by atoms with Crippen LogP contribution in [0.15, 0.2) is 49.1 Å². The van der Waals surface area contributed by atoms with Gasteiger partial charge in [-0.1, -0.05) is 18.2 Å². The summed E-state index contributed by atoms with van der Waals surface area (Å²) in [5.74, 6) is -0.217. The molecule has 1 amide bonds. The van der Waals surface area contributed by atoms with Crippen LogP contribution in [0.2, 0.25) is 0 Å². The number of hydrogen-bond acceptors (Lipinski definition) is 3. The Bertz CT molecular complexity index is 749. The fourth-order valence-electron chi connectivity index (χ4n) is 2.25. The zero-order chi connectivity index (χ0) is 13.9. The van der Waals surface area contributed by atoms with Gasteiger partial charge in [-0.2, -0.15) is 0 Å². The van der Waals surface area contributed by atoms with E-state index in [-0.39, 0.29) is 5.91 Å². The second-order valence-corrected chi connectivity index (χ2v) is 4.56. The van der Waals surface area contributed by atoms with Crippen LogP contribution in [-0.4, -0.2) is 20.4 Å². The van der Waals surface area contributed by atoms with Gasteiger partial charge in [0.15, 0.2) is 0 Å². The van der Waals surface area contributed by atoms with E-state index in [2.05, 4.69) is 32.0 Å². The van der Waals surface area contributed by atoms with Crippen LogP contribution >= 0.6 is 0 Å². The predicted octanol–water partition coefficient (Wildman–Crippen LogP) is 1.90. The summed E-state index contributed by atoms with van der Waals surface area (Å²) in [4.78, 5) is 19.8. The molecule has 0 saturated heterocycles. The summed E-state index contributed by atoms with van der Waals surface area (Å²) < 4.78 is 2.05. The zero-order valence-corrected chi connectivity index (χ0v) is 11.1. The Morgan fingerprint density at radius 2 is 2.15 bits per heavy atom. The molecule has 0 saturated carbocycles. The summed E-state index contributed by atoms with van der Waals surface area (Å²) in [5.41, 5.74) is 2.56. The van der Waals surface area contributed by atoms with E-state index in [9.17, 15) is 4.79 Å². The van der Waals surface area contributed by atoms with Crippen LogP contribution in [0.1, 0.15) is 16.1 Å². The molecule has 0 aliphatic heterocycles. The highest BCUT2D eigenvalue weighted by atomic mass is 16.1. The largest absolute Gasteiger partial charge is 0.350 e. The normalized spacial score (nSPS) is 10.7. The van der Waals surface area contributed by atoms with E-state index in [1.807, 2.05) is 25.4 Å². The van der Waals surface area contributed by atoms with Crippen molar-refractivity contribution in [2.75, 3.05) is 0 Å². The minimum Gasteiger partial charge on any atom is -0.350 e. The third-order valence-corrected chi connectivity index (χ3v) is 3.21. The number of carbonyl (C=O) groups is 1. The van der Waals surface area contributed by atoms with Crippen LogP contribution in [0.4, 0.5) is 0 Å². The van der Waals surface area contributed by atoms with Crippen LogP contribution in [0, 0.1) is 0 Å². The van der Waals surface area contributed by atoms with Gasteiger partial charge in [0.2, 0.25) is 0 Å². The Morgan fingerprint density at radius 3 is 2.95 bits per heavy atom. The monoisotopic (exact) mass is 266 g/mol. The highest BCUT2D eigenvalue weighted by Gasteiger charge is 2.09. The number of para-hydroxylation sites is 1. The summed E-state index contributed by atoms with van der Waals surface area (Å²) in [5, 5.41) is 4.01.